The fourth-order valence-electron chi connectivity index (χ4n) is 3.73. The number of amides is 2. The van der Waals surface area contributed by atoms with Crippen molar-refractivity contribution < 1.29 is 23.9 Å². The zero-order valence-corrected chi connectivity index (χ0v) is 20.5. The average molecular weight is 512 g/mol. The van der Waals surface area contributed by atoms with Gasteiger partial charge in [0.2, 0.25) is 5.78 Å². The number of carbonyl (C=O) groups is 4. The van der Waals surface area contributed by atoms with Gasteiger partial charge in [-0.1, -0.05) is 60.7 Å². The Bertz CT molecular complexity index is 1440. The molecule has 2 aromatic carbocycles. The van der Waals surface area contributed by atoms with Gasteiger partial charge in [0.1, 0.15) is 12.6 Å². The lowest BCUT2D eigenvalue weighted by molar-refractivity contribution is -0.143. The number of benzene rings is 2. The largest absolute Gasteiger partial charge is 0.468 e. The van der Waals surface area contributed by atoms with Crippen LogP contribution in [0.2, 0.25) is 0 Å². The van der Waals surface area contributed by atoms with Crippen LogP contribution in [0.3, 0.4) is 0 Å². The molecule has 4 aromatic rings. The van der Waals surface area contributed by atoms with Gasteiger partial charge in [0.25, 0.3) is 11.8 Å². The van der Waals surface area contributed by atoms with Crippen LogP contribution in [0.1, 0.15) is 15.9 Å². The standard InChI is InChI=1S/C28H25N5O5/c1-38-24(34)18-30-28(37)25(35)23(17-19-9-4-2-5-10-19)31-27(36)21-13-8-15-29-26(21)33-16-14-22(32-33)20-11-6-3-7-12-20/h2-16,23H,17-18H2,1H3,(H,30,37)(H,31,36)/t23-/m1/s1. The molecule has 0 aliphatic rings. The fourth-order valence-corrected chi connectivity index (χ4v) is 3.73. The van der Waals surface area contributed by atoms with Gasteiger partial charge in [-0.3, -0.25) is 19.2 Å². The van der Waals surface area contributed by atoms with Crippen LogP contribution in [0, 0.1) is 0 Å². The summed E-state index contributed by atoms with van der Waals surface area (Å²) in [6.45, 7) is -0.469. The maximum atomic E-state index is 13.4. The second-order valence-electron chi connectivity index (χ2n) is 8.22. The molecule has 10 heteroatoms. The number of nitrogens with one attached hydrogen (secondary N) is 2. The Kier molecular flexibility index (Phi) is 8.35. The summed E-state index contributed by atoms with van der Waals surface area (Å²) in [6, 6.07) is 22.3. The molecule has 2 N–H and O–H groups in total. The van der Waals surface area contributed by atoms with Gasteiger partial charge in [0.15, 0.2) is 5.82 Å². The van der Waals surface area contributed by atoms with Gasteiger partial charge in [-0.15, -0.1) is 0 Å². The zero-order valence-electron chi connectivity index (χ0n) is 20.5. The number of aromatic nitrogens is 3. The third kappa shape index (κ3) is 6.35. The first-order valence-corrected chi connectivity index (χ1v) is 11.8. The van der Waals surface area contributed by atoms with E-state index in [0.29, 0.717) is 5.69 Å². The smallest absolute Gasteiger partial charge is 0.325 e. The second kappa shape index (κ2) is 12.2. The molecule has 192 valence electrons. The second-order valence-corrected chi connectivity index (χ2v) is 8.22. The van der Waals surface area contributed by atoms with Gasteiger partial charge in [0, 0.05) is 24.4 Å². The van der Waals surface area contributed by atoms with Crippen molar-refractivity contribution in [1.82, 2.24) is 25.4 Å². The molecule has 0 radical (unpaired) electrons. The van der Waals surface area contributed by atoms with E-state index >= 15 is 0 Å². The molecule has 38 heavy (non-hydrogen) atoms. The van der Waals surface area contributed by atoms with Crippen molar-refractivity contribution >= 4 is 23.6 Å². The number of pyridine rings is 1. The van der Waals surface area contributed by atoms with Crippen LogP contribution in [0.25, 0.3) is 17.1 Å². The molecule has 0 fully saturated rings. The quantitative estimate of drug-likeness (QED) is 0.246. The normalized spacial score (nSPS) is 11.3. The zero-order chi connectivity index (χ0) is 26.9. The molecule has 0 saturated carbocycles. The van der Waals surface area contributed by atoms with E-state index in [-0.39, 0.29) is 17.8 Å². The average Bonchev–Trinajstić information content (AvgIpc) is 3.46. The molecule has 2 amide bonds. The van der Waals surface area contributed by atoms with E-state index < -0.39 is 36.2 Å². The summed E-state index contributed by atoms with van der Waals surface area (Å²) in [4.78, 5) is 54.6. The molecule has 0 aliphatic heterocycles. The molecule has 2 aromatic heterocycles. The lowest BCUT2D eigenvalue weighted by Gasteiger charge is -2.18. The predicted octanol–water partition coefficient (Wildman–Crippen LogP) is 2.13. The Labute approximate surface area is 218 Å². The number of esters is 1. The molecule has 10 nitrogen and oxygen atoms in total. The third-order valence-electron chi connectivity index (χ3n) is 5.66. The van der Waals surface area contributed by atoms with Crippen LogP contribution >= 0.6 is 0 Å². The predicted molar refractivity (Wildman–Crippen MR) is 138 cm³/mol. The van der Waals surface area contributed by atoms with E-state index in [2.05, 4.69) is 25.5 Å². The topological polar surface area (TPSA) is 132 Å². The van der Waals surface area contributed by atoms with Gasteiger partial charge in [-0.05, 0) is 23.8 Å². The minimum absolute atomic E-state index is 0.0621. The molecule has 0 spiro atoms. The molecule has 4 rings (SSSR count). The van der Waals surface area contributed by atoms with Crippen LogP contribution in [0.4, 0.5) is 0 Å². The van der Waals surface area contributed by atoms with Crippen molar-refractivity contribution in [3.8, 4) is 17.1 Å². The summed E-state index contributed by atoms with van der Waals surface area (Å²) in [5.41, 5.74) is 2.50. The molecule has 0 aliphatic carbocycles. The van der Waals surface area contributed by atoms with Crippen molar-refractivity contribution in [2.45, 2.75) is 12.5 Å². The van der Waals surface area contributed by atoms with E-state index in [1.807, 2.05) is 36.4 Å². The highest BCUT2D eigenvalue weighted by molar-refractivity contribution is 6.38. The van der Waals surface area contributed by atoms with Gasteiger partial charge in [-0.25, -0.2) is 9.67 Å². The number of hydrogen-bond acceptors (Lipinski definition) is 7. The summed E-state index contributed by atoms with van der Waals surface area (Å²) in [5.74, 6) is -2.97. The lowest BCUT2D eigenvalue weighted by Crippen LogP contribution is -2.49. The highest BCUT2D eigenvalue weighted by Gasteiger charge is 2.29. The van der Waals surface area contributed by atoms with Crippen LogP contribution in [-0.4, -0.2) is 58.0 Å². The number of carbonyl (C=O) groups excluding carboxylic acids is 4. The Morgan fingerprint density at radius 2 is 1.63 bits per heavy atom. The highest BCUT2D eigenvalue weighted by Crippen LogP contribution is 2.19. The Morgan fingerprint density at radius 3 is 2.34 bits per heavy atom. The van der Waals surface area contributed by atoms with E-state index in [9.17, 15) is 19.2 Å². The summed E-state index contributed by atoms with van der Waals surface area (Å²) >= 11 is 0. The summed E-state index contributed by atoms with van der Waals surface area (Å²) < 4.78 is 5.97. The maximum Gasteiger partial charge on any atom is 0.325 e. The van der Waals surface area contributed by atoms with Gasteiger partial charge >= 0.3 is 5.97 Å². The van der Waals surface area contributed by atoms with Crippen molar-refractivity contribution in [2.24, 2.45) is 0 Å². The Balaban J connectivity index is 1.58. The lowest BCUT2D eigenvalue weighted by atomic mass is 10.0. The third-order valence-corrected chi connectivity index (χ3v) is 5.66. The highest BCUT2D eigenvalue weighted by atomic mass is 16.5. The maximum absolute atomic E-state index is 13.4. The van der Waals surface area contributed by atoms with E-state index in [1.54, 1.807) is 48.7 Å². The summed E-state index contributed by atoms with van der Waals surface area (Å²) in [6.07, 6.45) is 3.28. The molecular weight excluding hydrogens is 486 g/mol. The number of ether oxygens (including phenoxy) is 1. The molecular formula is C28H25N5O5. The Hall–Kier alpha value is -5.12. The monoisotopic (exact) mass is 511 g/mol. The van der Waals surface area contributed by atoms with E-state index in [4.69, 9.17) is 0 Å². The number of hydrogen-bond donors (Lipinski definition) is 2. The SMILES string of the molecule is COC(=O)CNC(=O)C(=O)[C@@H](Cc1ccccc1)NC(=O)c1cccnc1-n1ccc(-c2ccccc2)n1. The van der Waals surface area contributed by atoms with Gasteiger partial charge in [-0.2, -0.15) is 5.10 Å². The van der Waals surface area contributed by atoms with Crippen molar-refractivity contribution in [1.29, 1.82) is 0 Å². The van der Waals surface area contributed by atoms with Gasteiger partial charge < -0.3 is 15.4 Å². The van der Waals surface area contributed by atoms with Crippen LogP contribution in [0.5, 0.6) is 0 Å². The summed E-state index contributed by atoms with van der Waals surface area (Å²) in [7, 11) is 1.17. The molecule has 0 unspecified atom stereocenters. The first-order chi connectivity index (χ1) is 18.5. The molecule has 1 atom stereocenters. The first-order valence-electron chi connectivity index (χ1n) is 11.8. The van der Waals surface area contributed by atoms with Crippen molar-refractivity contribution in [3.63, 3.8) is 0 Å². The number of Topliss-reactive ketones (excluding diaryl/α,β-unsaturated/α-hetero) is 1. The van der Waals surface area contributed by atoms with E-state index in [0.717, 1.165) is 11.1 Å². The molecule has 0 saturated heterocycles. The Morgan fingerprint density at radius 1 is 0.921 bits per heavy atom. The van der Waals surface area contributed by atoms with Gasteiger partial charge in [0.05, 0.1) is 18.4 Å². The number of methoxy groups -OCH3 is 1. The van der Waals surface area contributed by atoms with Crippen molar-refractivity contribution in [3.05, 3.63) is 102 Å². The van der Waals surface area contributed by atoms with E-state index in [1.165, 1.54) is 18.0 Å². The number of ketones is 1. The minimum atomic E-state index is -1.20. The summed E-state index contributed by atoms with van der Waals surface area (Å²) in [5, 5.41) is 9.45. The van der Waals surface area contributed by atoms with Crippen LogP contribution in [0.15, 0.2) is 91.3 Å². The minimum Gasteiger partial charge on any atom is -0.468 e. The van der Waals surface area contributed by atoms with Crippen LogP contribution < -0.4 is 10.6 Å². The molecule has 0 bridgehead atoms. The van der Waals surface area contributed by atoms with Crippen LogP contribution in [-0.2, 0) is 25.5 Å². The molecule has 2 heterocycles. The first kappa shape index (κ1) is 26.0. The number of rotatable bonds is 10. The number of nitrogens with zero attached hydrogens (tertiary/aromatic N) is 3. The van der Waals surface area contributed by atoms with Crippen molar-refractivity contribution in [2.75, 3.05) is 13.7 Å². The fraction of sp³-hybridized carbons (Fsp3) is 0.143.